The normalized spacial score (nSPS) is 11.5. The maximum Gasteiger partial charge on any atom is 0.332 e. The number of carbonyl (C=O) groups is 2. The van der Waals surface area contributed by atoms with E-state index in [0.29, 0.717) is 11.3 Å². The van der Waals surface area contributed by atoms with Crippen molar-refractivity contribution in [3.8, 4) is 6.07 Å². The highest BCUT2D eigenvalue weighted by atomic mass is 32.2. The molecule has 0 saturated carbocycles. The minimum Gasteiger partial charge on any atom is -0.449 e. The van der Waals surface area contributed by atoms with E-state index in [0.717, 1.165) is 4.90 Å². The highest BCUT2D eigenvalue weighted by Crippen LogP contribution is 2.18. The fraction of sp³-hybridized carbons (Fsp3) is 0.105. The van der Waals surface area contributed by atoms with Gasteiger partial charge in [-0.2, -0.15) is 5.26 Å². The number of hydrogen-bond donors (Lipinski definition) is 1. The zero-order chi connectivity index (χ0) is 18.1. The number of ether oxygens (including phenoxy) is 1. The van der Waals surface area contributed by atoms with E-state index >= 15 is 0 Å². The fourth-order valence-corrected chi connectivity index (χ4v) is 2.50. The van der Waals surface area contributed by atoms with Crippen LogP contribution in [0.1, 0.15) is 12.5 Å². The fourth-order valence-electron chi connectivity index (χ4n) is 1.84. The summed E-state index contributed by atoms with van der Waals surface area (Å²) in [7, 11) is 0. The molecule has 0 radical (unpaired) electrons. The Kier molecular flexibility index (Phi) is 6.81. The largest absolute Gasteiger partial charge is 0.449 e. The Morgan fingerprint density at radius 2 is 1.96 bits per heavy atom. The molecule has 5 nitrogen and oxygen atoms in total. The summed E-state index contributed by atoms with van der Waals surface area (Å²) in [5.41, 5.74) is 0.908. The average Bonchev–Trinajstić information content (AvgIpc) is 2.62. The minimum atomic E-state index is -0.954. The molecule has 0 heterocycles. The van der Waals surface area contributed by atoms with Gasteiger partial charge in [-0.15, -0.1) is 0 Å². The monoisotopic (exact) mass is 352 g/mol. The standard InChI is InChI=1S/C19H16N2O3S/c1-14(19(23)21-16-7-5-6-15(12-16)13-20)24-18(22)10-11-25-17-8-3-2-4-9-17/h2-12,14H,1H3,(H,21,23)/b11-10+/t14-/m0/s1. The van der Waals surface area contributed by atoms with Gasteiger partial charge in [0.25, 0.3) is 5.91 Å². The smallest absolute Gasteiger partial charge is 0.332 e. The first kappa shape index (κ1) is 18.3. The van der Waals surface area contributed by atoms with Gasteiger partial charge >= 0.3 is 5.97 Å². The van der Waals surface area contributed by atoms with E-state index in [1.54, 1.807) is 29.7 Å². The molecule has 0 unspecified atom stereocenters. The van der Waals surface area contributed by atoms with E-state index in [9.17, 15) is 9.59 Å². The Morgan fingerprint density at radius 3 is 2.68 bits per heavy atom. The quantitative estimate of drug-likeness (QED) is 0.487. The number of nitriles is 1. The van der Waals surface area contributed by atoms with E-state index in [1.165, 1.54) is 24.8 Å². The third-order valence-electron chi connectivity index (χ3n) is 3.07. The van der Waals surface area contributed by atoms with Crippen molar-refractivity contribution in [3.05, 3.63) is 71.6 Å². The van der Waals surface area contributed by atoms with Crippen molar-refractivity contribution in [1.29, 1.82) is 5.26 Å². The molecule has 0 aliphatic rings. The van der Waals surface area contributed by atoms with Crippen LogP contribution in [-0.4, -0.2) is 18.0 Å². The van der Waals surface area contributed by atoms with E-state index in [4.69, 9.17) is 10.00 Å². The van der Waals surface area contributed by atoms with Gasteiger partial charge in [-0.3, -0.25) is 4.79 Å². The number of amides is 1. The molecule has 0 saturated heterocycles. The lowest BCUT2D eigenvalue weighted by molar-refractivity contribution is -0.148. The van der Waals surface area contributed by atoms with Crippen LogP contribution >= 0.6 is 11.8 Å². The third kappa shape index (κ3) is 6.16. The molecule has 1 N–H and O–H groups in total. The Bertz CT molecular complexity index is 813. The molecule has 0 bridgehead atoms. The lowest BCUT2D eigenvalue weighted by Crippen LogP contribution is -2.29. The summed E-state index contributed by atoms with van der Waals surface area (Å²) < 4.78 is 5.06. The Labute approximate surface area is 150 Å². The number of thioether (sulfide) groups is 1. The maximum atomic E-state index is 12.0. The van der Waals surface area contributed by atoms with E-state index in [-0.39, 0.29) is 0 Å². The summed E-state index contributed by atoms with van der Waals surface area (Å²) in [5, 5.41) is 13.1. The number of benzene rings is 2. The molecular formula is C19H16N2O3S. The number of esters is 1. The van der Waals surface area contributed by atoms with Crippen LogP contribution in [-0.2, 0) is 14.3 Å². The van der Waals surface area contributed by atoms with Gasteiger partial charge in [-0.05, 0) is 42.7 Å². The average molecular weight is 352 g/mol. The number of carbonyl (C=O) groups excluding carboxylic acids is 2. The first-order valence-corrected chi connectivity index (χ1v) is 8.36. The Morgan fingerprint density at radius 1 is 1.20 bits per heavy atom. The van der Waals surface area contributed by atoms with Crippen LogP contribution in [0, 0.1) is 11.3 Å². The number of nitrogens with zero attached hydrogens (tertiary/aromatic N) is 1. The number of nitrogens with one attached hydrogen (secondary N) is 1. The first-order chi connectivity index (χ1) is 12.1. The molecular weight excluding hydrogens is 336 g/mol. The van der Waals surface area contributed by atoms with Crippen molar-refractivity contribution >= 4 is 29.3 Å². The molecule has 2 aromatic rings. The van der Waals surface area contributed by atoms with Gasteiger partial charge in [0, 0.05) is 16.7 Å². The van der Waals surface area contributed by atoms with Gasteiger partial charge in [0.2, 0.25) is 0 Å². The molecule has 0 spiro atoms. The second kappa shape index (κ2) is 9.30. The highest BCUT2D eigenvalue weighted by molar-refractivity contribution is 8.02. The summed E-state index contributed by atoms with van der Waals surface area (Å²) in [6.45, 7) is 1.49. The molecule has 2 rings (SSSR count). The van der Waals surface area contributed by atoms with E-state index in [2.05, 4.69) is 5.32 Å². The number of hydrogen-bond acceptors (Lipinski definition) is 5. The predicted octanol–water partition coefficient (Wildman–Crippen LogP) is 3.73. The van der Waals surface area contributed by atoms with Crippen molar-refractivity contribution < 1.29 is 14.3 Å². The topological polar surface area (TPSA) is 79.2 Å². The van der Waals surface area contributed by atoms with Gasteiger partial charge < -0.3 is 10.1 Å². The summed E-state index contributed by atoms with van der Waals surface area (Å²) in [6.07, 6.45) is 0.321. The second-order valence-corrected chi connectivity index (χ2v) is 5.97. The molecule has 25 heavy (non-hydrogen) atoms. The molecule has 1 atom stereocenters. The van der Waals surface area contributed by atoms with Crippen LogP contribution in [0.4, 0.5) is 5.69 Å². The van der Waals surface area contributed by atoms with Crippen LogP contribution in [0.2, 0.25) is 0 Å². The minimum absolute atomic E-state index is 0.434. The Hall–Kier alpha value is -3.04. The summed E-state index contributed by atoms with van der Waals surface area (Å²) in [4.78, 5) is 24.8. The Balaban J connectivity index is 1.83. The zero-order valence-corrected chi connectivity index (χ0v) is 14.3. The summed E-state index contributed by atoms with van der Waals surface area (Å²) in [6, 6.07) is 18.1. The zero-order valence-electron chi connectivity index (χ0n) is 13.5. The van der Waals surface area contributed by atoms with Crippen molar-refractivity contribution in [3.63, 3.8) is 0 Å². The predicted molar refractivity (Wildman–Crippen MR) is 96.8 cm³/mol. The molecule has 0 aromatic heterocycles. The van der Waals surface area contributed by atoms with Crippen LogP contribution in [0.5, 0.6) is 0 Å². The maximum absolute atomic E-state index is 12.0. The number of rotatable bonds is 6. The van der Waals surface area contributed by atoms with Crippen molar-refractivity contribution in [1.82, 2.24) is 0 Å². The molecule has 6 heteroatoms. The second-order valence-electron chi connectivity index (χ2n) is 4.99. The molecule has 2 aromatic carbocycles. The molecule has 126 valence electrons. The van der Waals surface area contributed by atoms with Crippen LogP contribution in [0.15, 0.2) is 71.0 Å². The molecule has 0 fully saturated rings. The molecule has 1 amide bonds. The van der Waals surface area contributed by atoms with Crippen molar-refractivity contribution in [2.24, 2.45) is 0 Å². The van der Waals surface area contributed by atoms with Crippen LogP contribution < -0.4 is 5.32 Å². The molecule has 0 aliphatic carbocycles. The number of anilines is 1. The van der Waals surface area contributed by atoms with Gasteiger partial charge in [-0.1, -0.05) is 36.0 Å². The van der Waals surface area contributed by atoms with Gasteiger partial charge in [0.05, 0.1) is 11.6 Å². The van der Waals surface area contributed by atoms with Crippen molar-refractivity contribution in [2.75, 3.05) is 5.32 Å². The summed E-state index contributed by atoms with van der Waals surface area (Å²) in [5.74, 6) is -1.07. The van der Waals surface area contributed by atoms with E-state index in [1.807, 2.05) is 36.4 Å². The van der Waals surface area contributed by atoms with Crippen LogP contribution in [0.3, 0.4) is 0 Å². The van der Waals surface area contributed by atoms with Crippen molar-refractivity contribution in [2.45, 2.75) is 17.9 Å². The first-order valence-electron chi connectivity index (χ1n) is 7.48. The third-order valence-corrected chi connectivity index (χ3v) is 3.89. The highest BCUT2D eigenvalue weighted by Gasteiger charge is 2.16. The van der Waals surface area contributed by atoms with Crippen LogP contribution in [0.25, 0.3) is 0 Å². The lowest BCUT2D eigenvalue weighted by Gasteiger charge is -2.12. The van der Waals surface area contributed by atoms with E-state index < -0.39 is 18.0 Å². The SMILES string of the molecule is C[C@H](OC(=O)/C=C/Sc1ccccc1)C(=O)Nc1cccc(C#N)c1. The summed E-state index contributed by atoms with van der Waals surface area (Å²) >= 11 is 1.38. The van der Waals surface area contributed by atoms with Gasteiger partial charge in [0.1, 0.15) is 0 Å². The van der Waals surface area contributed by atoms with Gasteiger partial charge in [-0.25, -0.2) is 4.79 Å². The van der Waals surface area contributed by atoms with Gasteiger partial charge in [0.15, 0.2) is 6.10 Å². The lowest BCUT2D eigenvalue weighted by atomic mass is 10.2. The molecule has 0 aliphatic heterocycles.